The lowest BCUT2D eigenvalue weighted by Gasteiger charge is -2.12. The number of ether oxygens (including phenoxy) is 1. The van der Waals surface area contributed by atoms with Crippen LogP contribution in [0.3, 0.4) is 0 Å². The maximum absolute atomic E-state index is 12.8. The van der Waals surface area contributed by atoms with E-state index < -0.39 is 21.9 Å². The third-order valence-electron chi connectivity index (χ3n) is 4.82. The van der Waals surface area contributed by atoms with Crippen LogP contribution in [-0.2, 0) is 21.0 Å². The van der Waals surface area contributed by atoms with Gasteiger partial charge in [0.25, 0.3) is 0 Å². The van der Waals surface area contributed by atoms with Crippen molar-refractivity contribution in [3.8, 4) is 0 Å². The van der Waals surface area contributed by atoms with Crippen molar-refractivity contribution in [2.24, 2.45) is 0 Å². The average molecular weight is 441 g/mol. The molecular formula is C23H24N2O5S. The Kier molecular flexibility index (Phi) is 7.51. The number of esters is 1. The molecule has 1 atom stereocenters. The maximum atomic E-state index is 12.8. The summed E-state index contributed by atoms with van der Waals surface area (Å²) in [6.07, 6.45) is 3.35. The molecule has 31 heavy (non-hydrogen) atoms. The summed E-state index contributed by atoms with van der Waals surface area (Å²) in [5.74, 6) is -0.519. The Morgan fingerprint density at radius 3 is 2.29 bits per heavy atom. The van der Waals surface area contributed by atoms with Crippen LogP contribution < -0.4 is 5.32 Å². The minimum atomic E-state index is -3.68. The predicted molar refractivity (Wildman–Crippen MR) is 115 cm³/mol. The molecule has 3 aromatic rings. The number of hydrogen-bond acceptors (Lipinski definition) is 7. The molecule has 0 fully saturated rings. The zero-order valence-electron chi connectivity index (χ0n) is 17.1. The lowest BCUT2D eigenvalue weighted by molar-refractivity contribution is 0.0600. The Labute approximate surface area is 181 Å². The molecular weight excluding hydrogens is 416 g/mol. The van der Waals surface area contributed by atoms with Crippen molar-refractivity contribution in [3.05, 3.63) is 89.7 Å². The van der Waals surface area contributed by atoms with Gasteiger partial charge in [-0.1, -0.05) is 18.2 Å². The third kappa shape index (κ3) is 5.75. The van der Waals surface area contributed by atoms with Gasteiger partial charge >= 0.3 is 5.97 Å². The Hall–Kier alpha value is -3.07. The second kappa shape index (κ2) is 10.3. The summed E-state index contributed by atoms with van der Waals surface area (Å²) in [4.78, 5) is 15.8. The average Bonchev–Trinajstić information content (AvgIpc) is 2.82. The Bertz CT molecular complexity index is 1100. The van der Waals surface area contributed by atoms with E-state index in [9.17, 15) is 18.3 Å². The number of pyridine rings is 1. The number of aromatic nitrogens is 1. The van der Waals surface area contributed by atoms with Crippen molar-refractivity contribution in [2.75, 3.05) is 20.2 Å². The highest BCUT2D eigenvalue weighted by molar-refractivity contribution is 7.91. The molecule has 0 spiro atoms. The van der Waals surface area contributed by atoms with Gasteiger partial charge in [-0.3, -0.25) is 4.98 Å². The minimum Gasteiger partial charge on any atom is -0.465 e. The van der Waals surface area contributed by atoms with Gasteiger partial charge in [-0.15, -0.1) is 0 Å². The molecule has 0 unspecified atom stereocenters. The molecule has 0 saturated carbocycles. The fraction of sp³-hybridized carbons (Fsp3) is 0.217. The number of sulfone groups is 1. The van der Waals surface area contributed by atoms with Crippen LogP contribution in [0.1, 0.15) is 27.6 Å². The van der Waals surface area contributed by atoms with Crippen LogP contribution >= 0.6 is 0 Å². The molecule has 162 valence electrons. The van der Waals surface area contributed by atoms with Gasteiger partial charge in [0.15, 0.2) is 0 Å². The fourth-order valence-electron chi connectivity index (χ4n) is 3.02. The topological polar surface area (TPSA) is 106 Å². The van der Waals surface area contributed by atoms with Crippen molar-refractivity contribution in [1.82, 2.24) is 10.3 Å². The molecule has 3 rings (SSSR count). The van der Waals surface area contributed by atoms with Crippen molar-refractivity contribution in [2.45, 2.75) is 22.3 Å². The van der Waals surface area contributed by atoms with Gasteiger partial charge < -0.3 is 15.2 Å². The van der Waals surface area contributed by atoms with Crippen LogP contribution in [0.25, 0.3) is 0 Å². The molecule has 2 aromatic carbocycles. The van der Waals surface area contributed by atoms with Gasteiger partial charge in [-0.05, 0) is 61.0 Å². The molecule has 7 nitrogen and oxygen atoms in total. The second-order valence-corrected chi connectivity index (χ2v) is 8.87. The molecule has 0 aliphatic heterocycles. The molecule has 1 aromatic heterocycles. The lowest BCUT2D eigenvalue weighted by Crippen LogP contribution is -2.23. The molecule has 2 N–H and O–H groups in total. The first-order chi connectivity index (χ1) is 14.9. The van der Waals surface area contributed by atoms with Crippen LogP contribution in [-0.4, -0.2) is 44.7 Å². The fourth-order valence-corrected chi connectivity index (χ4v) is 4.28. The number of nitrogens with zero attached hydrogens (tertiary/aromatic N) is 1. The molecule has 0 saturated heterocycles. The first-order valence-corrected chi connectivity index (χ1v) is 11.2. The zero-order chi connectivity index (χ0) is 22.3. The molecule has 0 amide bonds. The summed E-state index contributed by atoms with van der Waals surface area (Å²) in [5.41, 5.74) is 2.02. The zero-order valence-corrected chi connectivity index (χ0v) is 17.9. The Morgan fingerprint density at radius 1 is 1.06 bits per heavy atom. The number of aliphatic hydroxyl groups is 1. The number of rotatable bonds is 9. The van der Waals surface area contributed by atoms with E-state index in [1.54, 1.807) is 42.7 Å². The normalized spacial score (nSPS) is 12.3. The first-order valence-electron chi connectivity index (χ1n) is 9.73. The van der Waals surface area contributed by atoms with E-state index in [0.29, 0.717) is 19.5 Å². The third-order valence-corrected chi connectivity index (χ3v) is 6.60. The van der Waals surface area contributed by atoms with Gasteiger partial charge in [-0.2, -0.15) is 0 Å². The molecule has 1 heterocycles. The second-order valence-electron chi connectivity index (χ2n) is 6.92. The number of aliphatic hydroxyl groups excluding tert-OH is 1. The molecule has 0 radical (unpaired) electrons. The number of methoxy groups -OCH3 is 1. The van der Waals surface area contributed by atoms with Crippen LogP contribution in [0.15, 0.2) is 82.8 Å². The summed E-state index contributed by atoms with van der Waals surface area (Å²) in [5, 5.41) is 13.3. The van der Waals surface area contributed by atoms with E-state index in [2.05, 4.69) is 15.0 Å². The van der Waals surface area contributed by atoms with Gasteiger partial charge in [0.1, 0.15) is 0 Å². The predicted octanol–water partition coefficient (Wildman–Crippen LogP) is 2.57. The molecule has 8 heteroatoms. The van der Waals surface area contributed by atoms with E-state index in [0.717, 1.165) is 11.1 Å². The monoisotopic (exact) mass is 440 g/mol. The highest BCUT2D eigenvalue weighted by Gasteiger charge is 2.18. The van der Waals surface area contributed by atoms with Gasteiger partial charge in [0.2, 0.25) is 9.84 Å². The summed E-state index contributed by atoms with van der Waals surface area (Å²) < 4.78 is 30.2. The minimum absolute atomic E-state index is 0.110. The molecule has 0 bridgehead atoms. The van der Waals surface area contributed by atoms with E-state index in [1.807, 2.05) is 6.07 Å². The molecule has 0 aliphatic rings. The number of hydrogen-bond donors (Lipinski definition) is 2. The maximum Gasteiger partial charge on any atom is 0.337 e. The molecule has 0 aliphatic carbocycles. The summed E-state index contributed by atoms with van der Waals surface area (Å²) >= 11 is 0. The Morgan fingerprint density at radius 2 is 1.71 bits per heavy atom. The van der Waals surface area contributed by atoms with E-state index in [4.69, 9.17) is 0 Å². The van der Waals surface area contributed by atoms with E-state index >= 15 is 0 Å². The van der Waals surface area contributed by atoms with Crippen LogP contribution in [0.4, 0.5) is 0 Å². The van der Waals surface area contributed by atoms with Gasteiger partial charge in [-0.25, -0.2) is 13.2 Å². The number of benzene rings is 2. The first kappa shape index (κ1) is 22.6. The van der Waals surface area contributed by atoms with Crippen molar-refractivity contribution in [3.63, 3.8) is 0 Å². The van der Waals surface area contributed by atoms with Gasteiger partial charge in [0, 0.05) is 24.5 Å². The largest absolute Gasteiger partial charge is 0.465 e. The highest BCUT2D eigenvalue weighted by atomic mass is 32.2. The van der Waals surface area contributed by atoms with Crippen molar-refractivity contribution < 1.29 is 23.1 Å². The smallest absolute Gasteiger partial charge is 0.337 e. The van der Waals surface area contributed by atoms with Gasteiger partial charge in [0.05, 0.1) is 28.6 Å². The van der Waals surface area contributed by atoms with Crippen molar-refractivity contribution >= 4 is 15.8 Å². The van der Waals surface area contributed by atoms with E-state index in [1.165, 1.54) is 31.4 Å². The standard InChI is InChI=1S/C23H24N2O5S/c1-30-23(27)18-6-10-21(11-7-18)31(28,29)20-8-4-17(5-9-20)12-14-25-16-22(26)19-3-2-13-24-15-19/h2-11,13,15,22,25-26H,12,14,16H2,1H3/t22-/m0/s1. The lowest BCUT2D eigenvalue weighted by atomic mass is 10.1. The number of carbonyl (C=O) groups is 1. The number of carbonyl (C=O) groups excluding carboxylic acids is 1. The van der Waals surface area contributed by atoms with E-state index in [-0.39, 0.29) is 15.4 Å². The Balaban J connectivity index is 1.56. The number of nitrogens with one attached hydrogen (secondary N) is 1. The quantitative estimate of drug-likeness (QED) is 0.389. The van der Waals surface area contributed by atoms with Crippen LogP contribution in [0.5, 0.6) is 0 Å². The highest BCUT2D eigenvalue weighted by Crippen LogP contribution is 2.22. The SMILES string of the molecule is COC(=O)c1ccc(S(=O)(=O)c2ccc(CCNC[C@H](O)c3cccnc3)cc2)cc1. The van der Waals surface area contributed by atoms with Crippen LogP contribution in [0.2, 0.25) is 0 Å². The summed E-state index contributed by atoms with van der Waals surface area (Å²) in [6.45, 7) is 1.04. The summed E-state index contributed by atoms with van der Waals surface area (Å²) in [7, 11) is -2.41. The van der Waals surface area contributed by atoms with Crippen molar-refractivity contribution in [1.29, 1.82) is 0 Å². The summed E-state index contributed by atoms with van der Waals surface area (Å²) in [6, 6.07) is 15.9. The van der Waals surface area contributed by atoms with Crippen LogP contribution in [0, 0.1) is 0 Å².